The van der Waals surface area contributed by atoms with Gasteiger partial charge in [0.25, 0.3) is 0 Å². The van der Waals surface area contributed by atoms with Crippen LogP contribution in [0, 0.1) is 6.92 Å². The van der Waals surface area contributed by atoms with E-state index in [2.05, 4.69) is 19.1 Å². The van der Waals surface area contributed by atoms with Gasteiger partial charge in [-0.1, -0.05) is 42.0 Å². The maximum atomic E-state index is 10.2. The van der Waals surface area contributed by atoms with Crippen molar-refractivity contribution in [1.82, 2.24) is 0 Å². The van der Waals surface area contributed by atoms with Gasteiger partial charge in [0.2, 0.25) is 0 Å². The molecular weight excluding hydrogens is 260 g/mol. The number of aliphatic hydroxyl groups excluding tert-OH is 1. The van der Waals surface area contributed by atoms with E-state index in [9.17, 15) is 5.11 Å². The van der Waals surface area contributed by atoms with Crippen molar-refractivity contribution in [3.05, 3.63) is 65.2 Å². The Kier molecular flexibility index (Phi) is 5.40. The summed E-state index contributed by atoms with van der Waals surface area (Å²) in [4.78, 5) is 0. The molecule has 0 radical (unpaired) electrons. The Hall–Kier alpha value is -1.80. The zero-order valence-electron chi connectivity index (χ0n) is 13.0. The fourth-order valence-corrected chi connectivity index (χ4v) is 2.27. The van der Waals surface area contributed by atoms with Crippen molar-refractivity contribution in [2.24, 2.45) is 0 Å². The average Bonchev–Trinajstić information content (AvgIpc) is 2.46. The summed E-state index contributed by atoms with van der Waals surface area (Å²) in [7, 11) is 0. The lowest BCUT2D eigenvalue weighted by Crippen LogP contribution is -2.05. The first-order valence-corrected chi connectivity index (χ1v) is 7.55. The highest BCUT2D eigenvalue weighted by atomic mass is 16.5. The van der Waals surface area contributed by atoms with E-state index in [1.165, 1.54) is 11.1 Å². The van der Waals surface area contributed by atoms with Gasteiger partial charge in [-0.05, 0) is 56.9 Å². The quantitative estimate of drug-likeness (QED) is 0.849. The van der Waals surface area contributed by atoms with Crippen molar-refractivity contribution in [2.75, 3.05) is 0 Å². The van der Waals surface area contributed by atoms with Crippen LogP contribution in [0.25, 0.3) is 0 Å². The zero-order chi connectivity index (χ0) is 15.2. The van der Waals surface area contributed by atoms with E-state index in [0.717, 1.165) is 24.2 Å². The molecule has 0 aliphatic heterocycles. The Morgan fingerprint density at radius 3 is 2.14 bits per heavy atom. The van der Waals surface area contributed by atoms with Crippen LogP contribution < -0.4 is 4.74 Å². The summed E-state index contributed by atoms with van der Waals surface area (Å²) < 4.78 is 5.63. The lowest BCUT2D eigenvalue weighted by Gasteiger charge is -2.12. The zero-order valence-corrected chi connectivity index (χ0v) is 13.0. The largest absolute Gasteiger partial charge is 0.491 e. The van der Waals surface area contributed by atoms with Gasteiger partial charge in [-0.3, -0.25) is 0 Å². The standard InChI is InChI=1S/C19H24O2/c1-14(2)21-18-11-6-16(7-12-18)8-13-19(20)17-9-4-15(3)5-10-17/h4-7,9-12,14,19-20H,8,13H2,1-3H3. The number of benzene rings is 2. The lowest BCUT2D eigenvalue weighted by molar-refractivity contribution is 0.168. The van der Waals surface area contributed by atoms with E-state index in [4.69, 9.17) is 4.74 Å². The van der Waals surface area contributed by atoms with Crippen LogP contribution in [0.1, 0.15) is 43.1 Å². The Labute approximate surface area is 127 Å². The number of hydrogen-bond donors (Lipinski definition) is 1. The minimum Gasteiger partial charge on any atom is -0.491 e. The molecule has 2 aromatic rings. The van der Waals surface area contributed by atoms with Crippen molar-refractivity contribution in [3.63, 3.8) is 0 Å². The molecular formula is C19H24O2. The molecule has 0 fully saturated rings. The fraction of sp³-hybridized carbons (Fsp3) is 0.368. The predicted molar refractivity (Wildman–Crippen MR) is 86.7 cm³/mol. The topological polar surface area (TPSA) is 29.5 Å². The van der Waals surface area contributed by atoms with Gasteiger partial charge in [0.15, 0.2) is 0 Å². The highest BCUT2D eigenvalue weighted by molar-refractivity contribution is 5.28. The molecule has 0 aliphatic carbocycles. The van der Waals surface area contributed by atoms with E-state index in [1.54, 1.807) is 0 Å². The van der Waals surface area contributed by atoms with E-state index in [-0.39, 0.29) is 6.10 Å². The lowest BCUT2D eigenvalue weighted by atomic mass is 10.0. The smallest absolute Gasteiger partial charge is 0.119 e. The third kappa shape index (κ3) is 4.91. The van der Waals surface area contributed by atoms with E-state index in [1.807, 2.05) is 50.2 Å². The minimum atomic E-state index is -0.405. The fourth-order valence-electron chi connectivity index (χ4n) is 2.27. The third-order valence-corrected chi connectivity index (χ3v) is 3.46. The Bertz CT molecular complexity index is 541. The van der Waals surface area contributed by atoms with Crippen LogP contribution in [0.3, 0.4) is 0 Å². The van der Waals surface area contributed by atoms with Crippen molar-refractivity contribution >= 4 is 0 Å². The molecule has 0 bridgehead atoms. The molecule has 0 amide bonds. The van der Waals surface area contributed by atoms with Gasteiger partial charge in [-0.2, -0.15) is 0 Å². The second-order valence-corrected chi connectivity index (χ2v) is 5.78. The Balaban J connectivity index is 1.88. The first-order valence-electron chi connectivity index (χ1n) is 7.55. The summed E-state index contributed by atoms with van der Waals surface area (Å²) >= 11 is 0. The van der Waals surface area contributed by atoms with Gasteiger partial charge in [0, 0.05) is 0 Å². The summed E-state index contributed by atoms with van der Waals surface area (Å²) in [6, 6.07) is 16.2. The highest BCUT2D eigenvalue weighted by Crippen LogP contribution is 2.21. The second kappa shape index (κ2) is 7.28. The molecule has 0 saturated heterocycles. The molecule has 21 heavy (non-hydrogen) atoms. The average molecular weight is 284 g/mol. The van der Waals surface area contributed by atoms with Crippen molar-refractivity contribution in [1.29, 1.82) is 0 Å². The second-order valence-electron chi connectivity index (χ2n) is 5.78. The number of ether oxygens (including phenoxy) is 1. The monoisotopic (exact) mass is 284 g/mol. The molecule has 1 unspecified atom stereocenters. The highest BCUT2D eigenvalue weighted by Gasteiger charge is 2.07. The molecule has 0 saturated carbocycles. The van der Waals surface area contributed by atoms with E-state index >= 15 is 0 Å². The Morgan fingerprint density at radius 1 is 0.952 bits per heavy atom. The van der Waals surface area contributed by atoms with Gasteiger partial charge in [-0.25, -0.2) is 0 Å². The number of aryl methyl sites for hydroxylation is 2. The van der Waals surface area contributed by atoms with Gasteiger partial charge >= 0.3 is 0 Å². The molecule has 2 nitrogen and oxygen atoms in total. The molecule has 2 rings (SSSR count). The molecule has 112 valence electrons. The van der Waals surface area contributed by atoms with Gasteiger partial charge in [-0.15, -0.1) is 0 Å². The van der Waals surface area contributed by atoms with Crippen molar-refractivity contribution in [3.8, 4) is 5.75 Å². The molecule has 1 atom stereocenters. The van der Waals surface area contributed by atoms with Crippen LogP contribution in [-0.4, -0.2) is 11.2 Å². The maximum Gasteiger partial charge on any atom is 0.119 e. The first-order chi connectivity index (χ1) is 10.0. The summed E-state index contributed by atoms with van der Waals surface area (Å²) in [6.07, 6.45) is 1.38. The summed E-state index contributed by atoms with van der Waals surface area (Å²) in [6.45, 7) is 6.09. The van der Waals surface area contributed by atoms with E-state index < -0.39 is 6.10 Å². The Morgan fingerprint density at radius 2 is 1.57 bits per heavy atom. The first kappa shape index (κ1) is 15.6. The maximum absolute atomic E-state index is 10.2. The number of aliphatic hydroxyl groups is 1. The molecule has 0 aromatic heterocycles. The van der Waals surface area contributed by atoms with Crippen LogP contribution in [0.15, 0.2) is 48.5 Å². The summed E-state index contributed by atoms with van der Waals surface area (Å²) in [5, 5.41) is 10.2. The van der Waals surface area contributed by atoms with Crippen molar-refractivity contribution in [2.45, 2.75) is 45.8 Å². The third-order valence-electron chi connectivity index (χ3n) is 3.46. The van der Waals surface area contributed by atoms with Crippen LogP contribution in [0.2, 0.25) is 0 Å². The van der Waals surface area contributed by atoms with E-state index in [0.29, 0.717) is 0 Å². The normalized spacial score (nSPS) is 12.4. The molecule has 0 spiro atoms. The van der Waals surface area contributed by atoms with Gasteiger partial charge in [0.1, 0.15) is 5.75 Å². The summed E-state index contributed by atoms with van der Waals surface area (Å²) in [5.41, 5.74) is 3.42. The molecule has 2 aromatic carbocycles. The SMILES string of the molecule is Cc1ccc(C(O)CCc2ccc(OC(C)C)cc2)cc1. The molecule has 2 heteroatoms. The van der Waals surface area contributed by atoms with Crippen molar-refractivity contribution < 1.29 is 9.84 Å². The van der Waals surface area contributed by atoms with Crippen LogP contribution in [0.5, 0.6) is 5.75 Å². The molecule has 0 heterocycles. The van der Waals surface area contributed by atoms with Gasteiger partial charge < -0.3 is 9.84 Å². The van der Waals surface area contributed by atoms with Crippen LogP contribution in [-0.2, 0) is 6.42 Å². The van der Waals surface area contributed by atoms with Gasteiger partial charge in [0.05, 0.1) is 12.2 Å². The number of rotatable bonds is 6. The predicted octanol–water partition coefficient (Wildman–Crippen LogP) is 4.45. The summed E-state index contributed by atoms with van der Waals surface area (Å²) in [5.74, 6) is 0.896. The van der Waals surface area contributed by atoms with Crippen LogP contribution >= 0.6 is 0 Å². The number of hydrogen-bond acceptors (Lipinski definition) is 2. The van der Waals surface area contributed by atoms with Crippen LogP contribution in [0.4, 0.5) is 0 Å². The molecule has 1 N–H and O–H groups in total. The molecule has 0 aliphatic rings. The minimum absolute atomic E-state index is 0.194.